The van der Waals surface area contributed by atoms with E-state index < -0.39 is 0 Å². The maximum absolute atomic E-state index is 5.90. The van der Waals surface area contributed by atoms with Crippen molar-refractivity contribution in [3.63, 3.8) is 0 Å². The van der Waals surface area contributed by atoms with Crippen molar-refractivity contribution >= 4 is 11.0 Å². The maximum atomic E-state index is 5.90. The minimum atomic E-state index is -0.197. The minimum absolute atomic E-state index is 0.197. The van der Waals surface area contributed by atoms with Crippen molar-refractivity contribution in [2.45, 2.75) is 12.5 Å². The van der Waals surface area contributed by atoms with Gasteiger partial charge in [0.1, 0.15) is 0 Å². The van der Waals surface area contributed by atoms with Crippen molar-refractivity contribution in [3.05, 3.63) is 36.2 Å². The molecule has 0 spiro atoms. The van der Waals surface area contributed by atoms with Gasteiger partial charge in [-0.05, 0) is 44.8 Å². The van der Waals surface area contributed by atoms with Gasteiger partial charge < -0.3 is 5.73 Å². The van der Waals surface area contributed by atoms with Crippen molar-refractivity contribution in [1.29, 1.82) is 0 Å². The first kappa shape index (κ1) is 12.0. The molecule has 4 nitrogen and oxygen atoms in total. The number of rotatable bonds is 3. The first-order valence-electron chi connectivity index (χ1n) is 5.66. The summed E-state index contributed by atoms with van der Waals surface area (Å²) in [7, 11) is 4.06. The molecule has 0 aliphatic heterocycles. The first-order chi connectivity index (χ1) is 8.08. The van der Waals surface area contributed by atoms with Crippen molar-refractivity contribution < 1.29 is 0 Å². The van der Waals surface area contributed by atoms with E-state index in [2.05, 4.69) is 27.9 Å². The molecule has 0 radical (unpaired) electrons. The summed E-state index contributed by atoms with van der Waals surface area (Å²) in [5, 5.41) is 1.05. The Morgan fingerprint density at radius 2 is 2.12 bits per heavy atom. The van der Waals surface area contributed by atoms with Crippen molar-refractivity contribution in [2.24, 2.45) is 5.73 Å². The Balaban J connectivity index is 2.55. The van der Waals surface area contributed by atoms with Crippen molar-refractivity contribution in [2.75, 3.05) is 20.6 Å². The summed E-state index contributed by atoms with van der Waals surface area (Å²) in [5.41, 5.74) is 7.59. The molecule has 2 aromatic heterocycles. The highest BCUT2D eigenvalue weighted by Gasteiger charge is 2.28. The van der Waals surface area contributed by atoms with Gasteiger partial charge in [-0.1, -0.05) is 0 Å². The fourth-order valence-electron chi connectivity index (χ4n) is 1.82. The number of hydrogen-bond acceptors (Lipinski definition) is 4. The average molecular weight is 230 g/mol. The van der Waals surface area contributed by atoms with E-state index in [1.165, 1.54) is 0 Å². The summed E-state index contributed by atoms with van der Waals surface area (Å²) in [4.78, 5) is 10.7. The zero-order valence-corrected chi connectivity index (χ0v) is 10.5. The molecule has 0 aliphatic rings. The second-order valence-electron chi connectivity index (χ2n) is 4.65. The van der Waals surface area contributed by atoms with Gasteiger partial charge in [0.15, 0.2) is 5.65 Å². The van der Waals surface area contributed by atoms with Crippen LogP contribution in [-0.2, 0) is 5.54 Å². The number of nitrogens with zero attached hydrogens (tertiary/aromatic N) is 3. The third-order valence-corrected chi connectivity index (χ3v) is 3.46. The SMILES string of the molecule is CN(C)C(C)(CN)c1cnc2ncccc2c1. The van der Waals surface area contributed by atoms with E-state index in [-0.39, 0.29) is 5.54 Å². The second kappa shape index (κ2) is 4.39. The zero-order chi connectivity index (χ0) is 12.5. The number of pyridine rings is 2. The highest BCUT2D eigenvalue weighted by molar-refractivity contribution is 5.74. The topological polar surface area (TPSA) is 55.0 Å². The summed E-state index contributed by atoms with van der Waals surface area (Å²) in [5.74, 6) is 0. The fraction of sp³-hybridized carbons (Fsp3) is 0.385. The monoisotopic (exact) mass is 230 g/mol. The lowest BCUT2D eigenvalue weighted by atomic mass is 9.91. The van der Waals surface area contributed by atoms with Gasteiger partial charge in [-0.2, -0.15) is 0 Å². The summed E-state index contributed by atoms with van der Waals surface area (Å²) in [6, 6.07) is 6.05. The summed E-state index contributed by atoms with van der Waals surface area (Å²) >= 11 is 0. The average Bonchev–Trinajstić information content (AvgIpc) is 2.37. The molecule has 4 heteroatoms. The first-order valence-corrected chi connectivity index (χ1v) is 5.66. The molecule has 1 unspecified atom stereocenters. The van der Waals surface area contributed by atoms with Crippen LogP contribution in [0.5, 0.6) is 0 Å². The summed E-state index contributed by atoms with van der Waals surface area (Å²) < 4.78 is 0. The molecule has 2 heterocycles. The number of aromatic nitrogens is 2. The second-order valence-corrected chi connectivity index (χ2v) is 4.65. The van der Waals surface area contributed by atoms with Crippen LogP contribution in [0.2, 0.25) is 0 Å². The summed E-state index contributed by atoms with van der Waals surface area (Å²) in [6.45, 7) is 2.67. The van der Waals surface area contributed by atoms with Crippen LogP contribution in [0.1, 0.15) is 12.5 Å². The van der Waals surface area contributed by atoms with Gasteiger partial charge in [0, 0.05) is 24.3 Å². The molecular formula is C13H18N4. The Morgan fingerprint density at radius 3 is 2.76 bits per heavy atom. The molecular weight excluding hydrogens is 212 g/mol. The molecule has 90 valence electrons. The van der Waals surface area contributed by atoms with Gasteiger partial charge in [0.05, 0.1) is 5.54 Å². The molecule has 0 saturated heterocycles. The Hall–Kier alpha value is -1.52. The number of fused-ring (bicyclic) bond motifs is 1. The van der Waals surface area contributed by atoms with Crippen LogP contribution < -0.4 is 5.73 Å². The lowest BCUT2D eigenvalue weighted by Crippen LogP contribution is -2.44. The van der Waals surface area contributed by atoms with Crippen molar-refractivity contribution in [3.8, 4) is 0 Å². The standard InChI is InChI=1S/C13H18N4/c1-13(9-14,17(2)3)11-7-10-5-4-6-15-12(10)16-8-11/h4-8H,9,14H2,1-3H3. The quantitative estimate of drug-likeness (QED) is 0.865. The molecule has 0 bridgehead atoms. The van der Waals surface area contributed by atoms with Crippen molar-refractivity contribution in [1.82, 2.24) is 14.9 Å². The van der Waals surface area contributed by atoms with Crippen LogP contribution in [0.3, 0.4) is 0 Å². The smallest absolute Gasteiger partial charge is 0.159 e. The molecule has 2 N–H and O–H groups in total. The predicted molar refractivity (Wildman–Crippen MR) is 69.6 cm³/mol. The van der Waals surface area contributed by atoms with Gasteiger partial charge in [-0.25, -0.2) is 9.97 Å². The van der Waals surface area contributed by atoms with Gasteiger partial charge in [-0.3, -0.25) is 4.90 Å². The molecule has 2 aromatic rings. The van der Waals surface area contributed by atoms with Crippen LogP contribution in [0.4, 0.5) is 0 Å². The molecule has 1 atom stereocenters. The van der Waals surface area contributed by atoms with Crippen LogP contribution >= 0.6 is 0 Å². The van der Waals surface area contributed by atoms with Crippen LogP contribution in [0, 0.1) is 0 Å². The van der Waals surface area contributed by atoms with Gasteiger partial charge >= 0.3 is 0 Å². The third-order valence-electron chi connectivity index (χ3n) is 3.46. The van der Waals surface area contributed by atoms with Gasteiger partial charge in [0.25, 0.3) is 0 Å². The van der Waals surface area contributed by atoms with E-state index in [0.29, 0.717) is 6.54 Å². The lowest BCUT2D eigenvalue weighted by Gasteiger charge is -2.35. The zero-order valence-electron chi connectivity index (χ0n) is 10.5. The van der Waals surface area contributed by atoms with Crippen LogP contribution in [-0.4, -0.2) is 35.5 Å². The summed E-state index contributed by atoms with van der Waals surface area (Å²) in [6.07, 6.45) is 3.62. The van der Waals surface area contributed by atoms with Gasteiger partial charge in [0.2, 0.25) is 0 Å². The predicted octanol–water partition coefficient (Wildman–Crippen LogP) is 1.37. The van der Waals surface area contributed by atoms with Gasteiger partial charge in [-0.15, -0.1) is 0 Å². The van der Waals surface area contributed by atoms with E-state index in [0.717, 1.165) is 16.6 Å². The lowest BCUT2D eigenvalue weighted by molar-refractivity contribution is 0.183. The van der Waals surface area contributed by atoms with E-state index in [1.807, 2.05) is 32.4 Å². The van der Waals surface area contributed by atoms with E-state index in [9.17, 15) is 0 Å². The number of hydrogen-bond donors (Lipinski definition) is 1. The molecule has 0 amide bonds. The largest absolute Gasteiger partial charge is 0.328 e. The molecule has 2 rings (SSSR count). The molecule has 0 aromatic carbocycles. The Morgan fingerprint density at radius 1 is 1.35 bits per heavy atom. The highest BCUT2D eigenvalue weighted by Crippen LogP contribution is 2.26. The Labute approximate surface area is 101 Å². The maximum Gasteiger partial charge on any atom is 0.159 e. The number of nitrogens with two attached hydrogens (primary N) is 1. The Bertz CT molecular complexity index is 524. The van der Waals surface area contributed by atoms with E-state index in [1.54, 1.807) is 6.20 Å². The molecule has 0 fully saturated rings. The molecule has 17 heavy (non-hydrogen) atoms. The third kappa shape index (κ3) is 2.01. The highest BCUT2D eigenvalue weighted by atomic mass is 15.2. The van der Waals surface area contributed by atoms with E-state index in [4.69, 9.17) is 5.73 Å². The number of likely N-dealkylation sites (N-methyl/N-ethyl adjacent to an activating group) is 1. The molecule has 0 saturated carbocycles. The van der Waals surface area contributed by atoms with Crippen LogP contribution in [0.25, 0.3) is 11.0 Å². The fourth-order valence-corrected chi connectivity index (χ4v) is 1.82. The molecule has 0 aliphatic carbocycles. The van der Waals surface area contributed by atoms with Crippen LogP contribution in [0.15, 0.2) is 30.6 Å². The van der Waals surface area contributed by atoms with E-state index >= 15 is 0 Å². The normalized spacial score (nSPS) is 15.1. The Kier molecular flexibility index (Phi) is 3.09. The minimum Gasteiger partial charge on any atom is -0.328 e.